The molecule has 0 unspecified atom stereocenters. The van der Waals surface area contributed by atoms with Crippen molar-refractivity contribution in [2.45, 2.75) is 0 Å². The second-order valence-electron chi connectivity index (χ2n) is 4.50. The van der Waals surface area contributed by atoms with E-state index in [9.17, 15) is 34.7 Å². The van der Waals surface area contributed by atoms with E-state index < -0.39 is 44.9 Å². The van der Waals surface area contributed by atoms with E-state index in [1.54, 1.807) is 22.6 Å². The van der Waals surface area contributed by atoms with Gasteiger partial charge in [-0.3, -0.25) is 14.9 Å². The van der Waals surface area contributed by atoms with Crippen molar-refractivity contribution in [3.05, 3.63) is 53.4 Å². The predicted octanol–water partition coefficient (Wildman–Crippen LogP) is 1.53. The quantitative estimate of drug-likeness (QED) is 0.311. The van der Waals surface area contributed by atoms with Gasteiger partial charge >= 0.3 is 11.9 Å². The first-order valence-corrected chi connectivity index (χ1v) is 7.20. The molecule has 0 bridgehead atoms. The first-order chi connectivity index (χ1) is 11.2. The number of nitrogen functional groups attached to an aromatic ring is 1. The third-order valence-electron chi connectivity index (χ3n) is 3.12. The van der Waals surface area contributed by atoms with Crippen LogP contribution >= 0.6 is 22.6 Å². The normalized spacial score (nSPS) is 10.4. The van der Waals surface area contributed by atoms with Gasteiger partial charge in [-0.2, -0.15) is 0 Å². The molecule has 2 rings (SSSR count). The third-order valence-corrected chi connectivity index (χ3v) is 4.25. The van der Waals surface area contributed by atoms with Gasteiger partial charge in [0.2, 0.25) is 0 Å². The van der Waals surface area contributed by atoms with Crippen molar-refractivity contribution < 1.29 is 24.7 Å². The highest BCUT2D eigenvalue weighted by Gasteiger charge is 2.29. The van der Waals surface area contributed by atoms with Gasteiger partial charge in [-0.25, -0.2) is 9.59 Å². The number of rotatable bonds is 4. The van der Waals surface area contributed by atoms with Crippen LogP contribution in [-0.2, 0) is 0 Å². The summed E-state index contributed by atoms with van der Waals surface area (Å²) in [4.78, 5) is 47.2. The van der Waals surface area contributed by atoms with Crippen LogP contribution in [0.15, 0.2) is 23.0 Å². The molecule has 0 fully saturated rings. The summed E-state index contributed by atoms with van der Waals surface area (Å²) in [6.07, 6.45) is 0. The average Bonchev–Trinajstić information content (AvgIpc) is 2.45. The van der Waals surface area contributed by atoms with Gasteiger partial charge in [0.1, 0.15) is 16.9 Å². The van der Waals surface area contributed by atoms with Crippen molar-refractivity contribution in [1.82, 2.24) is 4.98 Å². The second kappa shape index (κ2) is 6.27. The van der Waals surface area contributed by atoms with Gasteiger partial charge in [0.15, 0.2) is 0 Å². The minimum atomic E-state index is -1.68. The molecule has 2 aromatic rings. The van der Waals surface area contributed by atoms with Crippen LogP contribution in [0, 0.1) is 13.7 Å². The van der Waals surface area contributed by atoms with Gasteiger partial charge in [-0.1, -0.05) is 12.1 Å². The maximum atomic E-state index is 11.9. The molecule has 0 atom stereocenters. The Hall–Kier alpha value is -2.96. The molecule has 0 aliphatic rings. The Morgan fingerprint density at radius 2 is 1.79 bits per heavy atom. The average molecular weight is 445 g/mol. The Kier molecular flexibility index (Phi) is 4.54. The number of aromatic carboxylic acids is 2. The third kappa shape index (κ3) is 2.80. The fourth-order valence-corrected chi connectivity index (χ4v) is 3.00. The number of nitrogens with one attached hydrogen (secondary N) is 1. The molecule has 1 aromatic carbocycles. The molecule has 5 N–H and O–H groups in total. The number of nitro groups is 1. The van der Waals surface area contributed by atoms with Crippen LogP contribution in [0.3, 0.4) is 0 Å². The standard InChI is InChI=1S/C13H8IN3O7/c14-9-4(2-1-3-5(9)17(23)24)6-7(12(19)20)10(15)16-11(18)8(6)13(21)22/h1-3H,(H,19,20)(H,21,22)(H3,15,16,18). The highest BCUT2D eigenvalue weighted by Crippen LogP contribution is 2.36. The number of hydrogen-bond acceptors (Lipinski definition) is 6. The molecule has 0 radical (unpaired) electrons. The number of nitro benzene ring substituents is 1. The molecular weight excluding hydrogens is 437 g/mol. The van der Waals surface area contributed by atoms with Crippen molar-refractivity contribution >= 4 is 46.0 Å². The molecule has 0 aliphatic carbocycles. The molecular formula is C13H8IN3O7. The van der Waals surface area contributed by atoms with E-state index in [1.807, 2.05) is 4.98 Å². The lowest BCUT2D eigenvalue weighted by atomic mass is 9.95. The number of carbonyl (C=O) groups is 2. The summed E-state index contributed by atoms with van der Waals surface area (Å²) in [6, 6.07) is 3.70. The molecule has 1 heterocycles. The fourth-order valence-electron chi connectivity index (χ4n) is 2.17. The fraction of sp³-hybridized carbons (Fsp3) is 0. The topological polar surface area (TPSA) is 177 Å². The number of pyridine rings is 1. The summed E-state index contributed by atoms with van der Waals surface area (Å²) < 4.78 is -0.0184. The summed E-state index contributed by atoms with van der Waals surface area (Å²) in [7, 11) is 0. The van der Waals surface area contributed by atoms with Crippen LogP contribution in [-0.4, -0.2) is 32.1 Å². The van der Waals surface area contributed by atoms with E-state index in [-0.39, 0.29) is 14.8 Å². The van der Waals surface area contributed by atoms with Crippen LogP contribution in [0.4, 0.5) is 11.5 Å². The molecule has 24 heavy (non-hydrogen) atoms. The molecule has 11 heteroatoms. The largest absolute Gasteiger partial charge is 0.478 e. The SMILES string of the molecule is Nc1[nH]c(=O)c(C(=O)O)c(-c2cccc([N+](=O)[O-])c2I)c1C(=O)O. The number of carboxylic acid groups (broad SMARTS) is 2. The van der Waals surface area contributed by atoms with Gasteiger partial charge in [0, 0.05) is 17.2 Å². The molecule has 124 valence electrons. The molecule has 0 saturated heterocycles. The summed E-state index contributed by atoms with van der Waals surface area (Å²) in [5, 5.41) is 29.7. The van der Waals surface area contributed by atoms with E-state index in [0.29, 0.717) is 0 Å². The lowest BCUT2D eigenvalue weighted by Gasteiger charge is -2.13. The minimum absolute atomic E-state index is 0.0184. The minimum Gasteiger partial charge on any atom is -0.478 e. The van der Waals surface area contributed by atoms with Gasteiger partial charge in [0.25, 0.3) is 11.2 Å². The van der Waals surface area contributed by atoms with E-state index in [1.165, 1.54) is 18.2 Å². The Balaban J connectivity index is 3.06. The smallest absolute Gasteiger partial charge is 0.342 e. The number of nitrogens with two attached hydrogens (primary N) is 1. The summed E-state index contributed by atoms with van der Waals surface area (Å²) in [5.41, 5.74) is 1.96. The summed E-state index contributed by atoms with van der Waals surface area (Å²) in [5.74, 6) is -3.81. The Bertz CT molecular complexity index is 951. The number of aromatic nitrogens is 1. The van der Waals surface area contributed by atoms with Crippen LogP contribution in [0.1, 0.15) is 20.7 Å². The molecule has 10 nitrogen and oxygen atoms in total. The first kappa shape index (κ1) is 17.4. The van der Waals surface area contributed by atoms with Crippen molar-refractivity contribution in [2.24, 2.45) is 0 Å². The zero-order chi connectivity index (χ0) is 18.2. The van der Waals surface area contributed by atoms with E-state index in [4.69, 9.17) is 5.73 Å². The van der Waals surface area contributed by atoms with Gasteiger partial charge in [-0.05, 0) is 22.6 Å². The Labute approximate surface area is 146 Å². The van der Waals surface area contributed by atoms with Crippen molar-refractivity contribution in [3.8, 4) is 11.1 Å². The molecule has 0 saturated carbocycles. The summed E-state index contributed by atoms with van der Waals surface area (Å²) in [6.45, 7) is 0. The van der Waals surface area contributed by atoms with Gasteiger partial charge in [-0.15, -0.1) is 0 Å². The predicted molar refractivity (Wildman–Crippen MR) is 90.2 cm³/mol. The number of H-pyrrole nitrogens is 1. The zero-order valence-corrected chi connectivity index (χ0v) is 13.7. The van der Waals surface area contributed by atoms with E-state index in [2.05, 4.69) is 0 Å². The van der Waals surface area contributed by atoms with Crippen molar-refractivity contribution in [3.63, 3.8) is 0 Å². The molecule has 0 amide bonds. The molecule has 0 aliphatic heterocycles. The van der Waals surface area contributed by atoms with E-state index >= 15 is 0 Å². The van der Waals surface area contributed by atoms with Crippen LogP contribution < -0.4 is 11.3 Å². The first-order valence-electron chi connectivity index (χ1n) is 6.12. The Morgan fingerprint density at radius 1 is 1.21 bits per heavy atom. The summed E-state index contributed by atoms with van der Waals surface area (Å²) >= 11 is 1.58. The Morgan fingerprint density at radius 3 is 2.29 bits per heavy atom. The van der Waals surface area contributed by atoms with Crippen LogP contribution in [0.2, 0.25) is 0 Å². The highest BCUT2D eigenvalue weighted by atomic mass is 127. The number of hydrogen-bond donors (Lipinski definition) is 4. The maximum Gasteiger partial charge on any atom is 0.342 e. The lowest BCUT2D eigenvalue weighted by molar-refractivity contribution is -0.385. The number of aromatic amines is 1. The zero-order valence-electron chi connectivity index (χ0n) is 11.6. The number of benzene rings is 1. The molecule has 0 spiro atoms. The maximum absolute atomic E-state index is 11.9. The lowest BCUT2D eigenvalue weighted by Crippen LogP contribution is -2.24. The number of carboxylic acids is 2. The van der Waals surface area contributed by atoms with Gasteiger partial charge < -0.3 is 20.9 Å². The number of anilines is 1. The monoisotopic (exact) mass is 445 g/mol. The number of halogens is 1. The van der Waals surface area contributed by atoms with Crippen molar-refractivity contribution in [1.29, 1.82) is 0 Å². The number of nitrogens with zero attached hydrogens (tertiary/aromatic N) is 1. The van der Waals surface area contributed by atoms with Gasteiger partial charge in [0.05, 0.1) is 8.49 Å². The van der Waals surface area contributed by atoms with Crippen molar-refractivity contribution in [2.75, 3.05) is 5.73 Å². The highest BCUT2D eigenvalue weighted by molar-refractivity contribution is 14.1. The van der Waals surface area contributed by atoms with E-state index in [0.717, 1.165) is 0 Å². The second-order valence-corrected chi connectivity index (χ2v) is 5.58. The van der Waals surface area contributed by atoms with Crippen LogP contribution in [0.25, 0.3) is 11.1 Å². The molecule has 1 aromatic heterocycles. The van der Waals surface area contributed by atoms with Crippen LogP contribution in [0.5, 0.6) is 0 Å².